The Morgan fingerprint density at radius 2 is 2.56 bits per heavy atom. The predicted octanol–water partition coefficient (Wildman–Crippen LogP) is 2.40. The molecule has 4 nitrogen and oxygen atoms in total. The second-order valence-electron chi connectivity index (χ2n) is 4.93. The van der Waals surface area contributed by atoms with Crippen molar-refractivity contribution in [3.05, 3.63) is 34.5 Å². The Labute approximate surface area is 111 Å². The van der Waals surface area contributed by atoms with Gasteiger partial charge in [0.25, 0.3) is 0 Å². The van der Waals surface area contributed by atoms with E-state index in [-0.39, 0.29) is 0 Å². The van der Waals surface area contributed by atoms with E-state index in [1.165, 1.54) is 24.8 Å². The highest BCUT2D eigenvalue weighted by Gasteiger charge is 2.22. The molecule has 1 N–H and O–H groups in total. The third kappa shape index (κ3) is 2.47. The highest BCUT2D eigenvalue weighted by atomic mass is 32.1. The summed E-state index contributed by atoms with van der Waals surface area (Å²) < 4.78 is 1.88. The van der Waals surface area contributed by atoms with Gasteiger partial charge in [0, 0.05) is 17.0 Å². The monoisotopic (exact) mass is 262 g/mol. The van der Waals surface area contributed by atoms with E-state index in [4.69, 9.17) is 0 Å². The Morgan fingerprint density at radius 1 is 1.61 bits per heavy atom. The summed E-state index contributed by atoms with van der Waals surface area (Å²) in [7, 11) is 0. The van der Waals surface area contributed by atoms with Crippen LogP contribution in [0.2, 0.25) is 0 Å². The summed E-state index contributed by atoms with van der Waals surface area (Å²) in [5, 5.41) is 10.1. The van der Waals surface area contributed by atoms with Gasteiger partial charge in [0.05, 0.1) is 6.54 Å². The average molecular weight is 262 g/mol. The Hall–Kier alpha value is -1.20. The lowest BCUT2D eigenvalue weighted by Gasteiger charge is -2.27. The smallest absolute Gasteiger partial charge is 0.137 e. The molecule has 0 amide bonds. The van der Waals surface area contributed by atoms with Crippen LogP contribution >= 0.6 is 11.3 Å². The van der Waals surface area contributed by atoms with Gasteiger partial charge in [0.2, 0.25) is 0 Å². The van der Waals surface area contributed by atoms with Crippen molar-refractivity contribution in [3.63, 3.8) is 0 Å². The average Bonchev–Trinajstić information content (AvgIpc) is 2.99. The molecule has 0 fully saturated rings. The van der Waals surface area contributed by atoms with Crippen molar-refractivity contribution in [1.29, 1.82) is 0 Å². The van der Waals surface area contributed by atoms with Crippen LogP contribution < -0.4 is 5.32 Å². The van der Waals surface area contributed by atoms with E-state index in [0.29, 0.717) is 12.1 Å². The number of nitrogens with zero attached hydrogens (tertiary/aromatic N) is 3. The van der Waals surface area contributed by atoms with Crippen LogP contribution in [0.15, 0.2) is 24.1 Å². The summed E-state index contributed by atoms with van der Waals surface area (Å²) in [6.45, 7) is 3.08. The van der Waals surface area contributed by atoms with Crippen molar-refractivity contribution < 1.29 is 0 Å². The van der Waals surface area contributed by atoms with Crippen LogP contribution in [0, 0.1) is 0 Å². The van der Waals surface area contributed by atoms with E-state index < -0.39 is 0 Å². The Kier molecular flexibility index (Phi) is 3.43. The molecule has 0 radical (unpaired) electrons. The maximum atomic E-state index is 4.15. The summed E-state index contributed by atoms with van der Waals surface area (Å²) >= 11 is 1.89. The third-order valence-electron chi connectivity index (χ3n) is 3.47. The minimum absolute atomic E-state index is 0.405. The van der Waals surface area contributed by atoms with Crippen LogP contribution in [-0.2, 0) is 13.0 Å². The number of fused-ring (bicyclic) bond motifs is 1. The van der Waals surface area contributed by atoms with Gasteiger partial charge in [-0.15, -0.1) is 11.3 Å². The summed E-state index contributed by atoms with van der Waals surface area (Å²) in [5.74, 6) is 0. The van der Waals surface area contributed by atoms with Crippen LogP contribution in [0.25, 0.3) is 0 Å². The highest BCUT2D eigenvalue weighted by molar-refractivity contribution is 7.10. The van der Waals surface area contributed by atoms with Crippen molar-refractivity contribution in [2.45, 2.75) is 44.8 Å². The first-order valence-electron chi connectivity index (χ1n) is 6.47. The SMILES string of the molecule is C[C@H](Cn1cncn1)N[C@H]1CCCc2sccc21. The molecule has 96 valence electrons. The summed E-state index contributed by atoms with van der Waals surface area (Å²) in [6.07, 6.45) is 7.15. The standard InChI is InChI=1S/C13H18N4S/c1-10(7-17-9-14-8-15-17)16-12-3-2-4-13-11(12)5-6-18-13/h5-6,8-10,12,16H,2-4,7H2,1H3/t10-,12+/m1/s1. The topological polar surface area (TPSA) is 42.7 Å². The molecule has 0 saturated heterocycles. The molecule has 18 heavy (non-hydrogen) atoms. The molecule has 0 aliphatic heterocycles. The van der Waals surface area contributed by atoms with Gasteiger partial charge in [-0.1, -0.05) is 0 Å². The van der Waals surface area contributed by atoms with Crippen LogP contribution in [0.4, 0.5) is 0 Å². The van der Waals surface area contributed by atoms with Crippen LogP contribution in [0.3, 0.4) is 0 Å². The zero-order valence-electron chi connectivity index (χ0n) is 10.5. The van der Waals surface area contributed by atoms with E-state index >= 15 is 0 Å². The van der Waals surface area contributed by atoms with E-state index in [1.54, 1.807) is 17.5 Å². The van der Waals surface area contributed by atoms with Crippen LogP contribution in [0.1, 0.15) is 36.2 Å². The summed E-state index contributed by atoms with van der Waals surface area (Å²) in [6, 6.07) is 3.19. The molecule has 0 aromatic carbocycles. The van der Waals surface area contributed by atoms with Crippen molar-refractivity contribution in [2.24, 2.45) is 0 Å². The van der Waals surface area contributed by atoms with Crippen molar-refractivity contribution >= 4 is 11.3 Å². The van der Waals surface area contributed by atoms with Crippen molar-refractivity contribution in [1.82, 2.24) is 20.1 Å². The molecule has 2 aromatic heterocycles. The van der Waals surface area contributed by atoms with Crippen LogP contribution in [-0.4, -0.2) is 20.8 Å². The molecular formula is C13H18N4S. The molecule has 2 aromatic rings. The molecule has 0 bridgehead atoms. The maximum Gasteiger partial charge on any atom is 0.137 e. The van der Waals surface area contributed by atoms with Gasteiger partial charge < -0.3 is 5.32 Å². The van der Waals surface area contributed by atoms with Crippen molar-refractivity contribution in [2.75, 3.05) is 0 Å². The minimum atomic E-state index is 0.405. The number of aromatic nitrogens is 3. The first-order chi connectivity index (χ1) is 8.83. The molecule has 2 atom stereocenters. The van der Waals surface area contributed by atoms with Crippen molar-refractivity contribution in [3.8, 4) is 0 Å². The lowest BCUT2D eigenvalue weighted by molar-refractivity contribution is 0.372. The molecule has 5 heteroatoms. The summed E-state index contributed by atoms with van der Waals surface area (Å²) in [5.41, 5.74) is 1.51. The van der Waals surface area contributed by atoms with Crippen LogP contribution in [0.5, 0.6) is 0 Å². The number of hydrogen-bond donors (Lipinski definition) is 1. The normalized spacial score (nSPS) is 20.6. The Balaban J connectivity index is 1.64. The Morgan fingerprint density at radius 3 is 3.39 bits per heavy atom. The van der Waals surface area contributed by atoms with Gasteiger partial charge in [-0.2, -0.15) is 5.10 Å². The molecule has 0 saturated carbocycles. The van der Waals surface area contributed by atoms with E-state index in [9.17, 15) is 0 Å². The first kappa shape index (κ1) is 11.9. The fraction of sp³-hybridized carbons (Fsp3) is 0.538. The lowest BCUT2D eigenvalue weighted by Crippen LogP contribution is -2.35. The zero-order valence-corrected chi connectivity index (χ0v) is 11.4. The van der Waals surface area contributed by atoms with Gasteiger partial charge in [0.1, 0.15) is 12.7 Å². The maximum absolute atomic E-state index is 4.15. The second-order valence-corrected chi connectivity index (χ2v) is 5.93. The van der Waals surface area contributed by atoms with E-state index in [0.717, 1.165) is 6.54 Å². The van der Waals surface area contributed by atoms with Gasteiger partial charge in [0.15, 0.2) is 0 Å². The quantitative estimate of drug-likeness (QED) is 0.920. The number of thiophene rings is 1. The fourth-order valence-electron chi connectivity index (χ4n) is 2.66. The molecule has 2 heterocycles. The number of hydrogen-bond acceptors (Lipinski definition) is 4. The molecule has 0 unspecified atom stereocenters. The third-order valence-corrected chi connectivity index (χ3v) is 4.46. The lowest BCUT2D eigenvalue weighted by atomic mass is 9.93. The van der Waals surface area contributed by atoms with Gasteiger partial charge >= 0.3 is 0 Å². The molecule has 1 aliphatic carbocycles. The largest absolute Gasteiger partial charge is 0.306 e. The van der Waals surface area contributed by atoms with Gasteiger partial charge in [-0.25, -0.2) is 4.98 Å². The molecular weight excluding hydrogens is 244 g/mol. The second kappa shape index (κ2) is 5.20. The van der Waals surface area contributed by atoms with E-state index in [2.05, 4.69) is 33.8 Å². The van der Waals surface area contributed by atoms with Gasteiger partial charge in [-0.05, 0) is 43.2 Å². The zero-order chi connectivity index (χ0) is 12.4. The molecule has 3 rings (SSSR count). The Bertz CT molecular complexity index is 491. The predicted molar refractivity (Wildman–Crippen MR) is 72.6 cm³/mol. The first-order valence-corrected chi connectivity index (χ1v) is 7.35. The molecule has 0 spiro atoms. The fourth-order valence-corrected chi connectivity index (χ4v) is 3.65. The minimum Gasteiger partial charge on any atom is -0.306 e. The number of aryl methyl sites for hydroxylation is 1. The summed E-state index contributed by atoms with van der Waals surface area (Å²) in [4.78, 5) is 5.54. The molecule has 1 aliphatic rings. The number of rotatable bonds is 4. The van der Waals surface area contributed by atoms with Gasteiger partial charge in [-0.3, -0.25) is 4.68 Å². The van der Waals surface area contributed by atoms with E-state index in [1.807, 2.05) is 16.0 Å². The highest BCUT2D eigenvalue weighted by Crippen LogP contribution is 2.33. The number of nitrogens with one attached hydrogen (secondary N) is 1.